The Labute approximate surface area is 118 Å². The lowest BCUT2D eigenvalue weighted by atomic mass is 10.0. The van der Waals surface area contributed by atoms with E-state index in [-0.39, 0.29) is 11.9 Å². The van der Waals surface area contributed by atoms with Crippen molar-refractivity contribution >= 4 is 5.78 Å². The van der Waals surface area contributed by atoms with E-state index >= 15 is 0 Å². The van der Waals surface area contributed by atoms with Crippen LogP contribution >= 0.6 is 0 Å². The largest absolute Gasteiger partial charge is 0.489 e. The van der Waals surface area contributed by atoms with E-state index in [0.717, 1.165) is 5.56 Å². The first-order valence-electron chi connectivity index (χ1n) is 6.73. The Morgan fingerprint density at radius 3 is 2.80 bits per heavy atom. The molecule has 1 unspecified atom stereocenters. The molecule has 0 N–H and O–H groups in total. The lowest BCUT2D eigenvalue weighted by molar-refractivity contribution is 0.0870. The summed E-state index contributed by atoms with van der Waals surface area (Å²) < 4.78 is 11.4. The molecular formula is C17H16O3. The maximum Gasteiger partial charge on any atom is 0.170 e. The number of ether oxygens (including phenoxy) is 2. The van der Waals surface area contributed by atoms with Crippen molar-refractivity contribution in [3.8, 4) is 11.5 Å². The van der Waals surface area contributed by atoms with Crippen molar-refractivity contribution in [1.82, 2.24) is 0 Å². The van der Waals surface area contributed by atoms with Gasteiger partial charge in [-0.25, -0.2) is 0 Å². The monoisotopic (exact) mass is 268 g/mol. The predicted molar refractivity (Wildman–Crippen MR) is 76.3 cm³/mol. The van der Waals surface area contributed by atoms with E-state index in [1.807, 2.05) is 49.4 Å². The Morgan fingerprint density at radius 1 is 1.20 bits per heavy atom. The first-order valence-corrected chi connectivity index (χ1v) is 6.73. The van der Waals surface area contributed by atoms with Crippen LogP contribution in [-0.4, -0.2) is 11.9 Å². The highest BCUT2D eigenvalue weighted by Crippen LogP contribution is 2.31. The summed E-state index contributed by atoms with van der Waals surface area (Å²) in [5, 5.41) is 0. The van der Waals surface area contributed by atoms with Crippen molar-refractivity contribution in [2.75, 3.05) is 0 Å². The number of hydrogen-bond donors (Lipinski definition) is 0. The van der Waals surface area contributed by atoms with E-state index in [4.69, 9.17) is 9.47 Å². The maximum atomic E-state index is 12.0. The molecule has 20 heavy (non-hydrogen) atoms. The van der Waals surface area contributed by atoms with Crippen LogP contribution < -0.4 is 9.47 Å². The van der Waals surface area contributed by atoms with Crippen LogP contribution in [0, 0.1) is 0 Å². The van der Waals surface area contributed by atoms with Crippen LogP contribution in [0.15, 0.2) is 48.5 Å². The van der Waals surface area contributed by atoms with Crippen LogP contribution in [0.5, 0.6) is 11.5 Å². The molecule has 0 bridgehead atoms. The van der Waals surface area contributed by atoms with E-state index in [0.29, 0.717) is 30.1 Å². The van der Waals surface area contributed by atoms with Gasteiger partial charge in [0, 0.05) is 6.42 Å². The van der Waals surface area contributed by atoms with E-state index < -0.39 is 0 Å². The summed E-state index contributed by atoms with van der Waals surface area (Å²) >= 11 is 0. The van der Waals surface area contributed by atoms with Gasteiger partial charge >= 0.3 is 0 Å². The molecule has 0 saturated carbocycles. The Kier molecular flexibility index (Phi) is 3.42. The second kappa shape index (κ2) is 5.37. The molecule has 3 rings (SSSR count). The minimum atomic E-state index is -0.0499. The SMILES string of the molecule is CC1CC(=O)c2cc(OCc3ccccc3)ccc2O1. The number of Topliss-reactive ketones (excluding diaryl/α,β-unsaturated/α-hetero) is 1. The smallest absolute Gasteiger partial charge is 0.170 e. The molecule has 3 heteroatoms. The number of ketones is 1. The zero-order chi connectivity index (χ0) is 13.9. The van der Waals surface area contributed by atoms with Crippen molar-refractivity contribution in [1.29, 1.82) is 0 Å². The van der Waals surface area contributed by atoms with Gasteiger partial charge in [0.05, 0.1) is 5.56 Å². The van der Waals surface area contributed by atoms with Crippen molar-refractivity contribution in [3.63, 3.8) is 0 Å². The van der Waals surface area contributed by atoms with Crippen LogP contribution in [0.25, 0.3) is 0 Å². The molecule has 2 aromatic rings. The standard InChI is InChI=1S/C17H16O3/c1-12-9-16(18)15-10-14(7-8-17(15)20-12)19-11-13-5-3-2-4-6-13/h2-8,10,12H,9,11H2,1H3. The number of rotatable bonds is 3. The van der Waals surface area contributed by atoms with Crippen LogP contribution in [-0.2, 0) is 6.61 Å². The quantitative estimate of drug-likeness (QED) is 0.853. The van der Waals surface area contributed by atoms with Crippen molar-refractivity contribution < 1.29 is 14.3 Å². The molecule has 1 atom stereocenters. The van der Waals surface area contributed by atoms with E-state index in [2.05, 4.69) is 0 Å². The molecule has 102 valence electrons. The Bertz CT molecular complexity index is 619. The van der Waals surface area contributed by atoms with Gasteiger partial charge in [-0.1, -0.05) is 30.3 Å². The molecule has 0 spiro atoms. The third-order valence-electron chi connectivity index (χ3n) is 3.30. The molecule has 1 heterocycles. The second-order valence-corrected chi connectivity index (χ2v) is 4.99. The van der Waals surface area contributed by atoms with Crippen molar-refractivity contribution in [2.24, 2.45) is 0 Å². The summed E-state index contributed by atoms with van der Waals surface area (Å²) in [7, 11) is 0. The predicted octanol–water partition coefficient (Wildman–Crippen LogP) is 3.62. The zero-order valence-electron chi connectivity index (χ0n) is 11.3. The number of fused-ring (bicyclic) bond motifs is 1. The fraction of sp³-hybridized carbons (Fsp3) is 0.235. The van der Waals surface area contributed by atoms with Gasteiger partial charge in [-0.3, -0.25) is 4.79 Å². The molecule has 1 aliphatic rings. The molecule has 0 aliphatic carbocycles. The minimum absolute atomic E-state index is 0.0499. The van der Waals surface area contributed by atoms with E-state index in [1.54, 1.807) is 6.07 Å². The van der Waals surface area contributed by atoms with Gasteiger partial charge in [-0.2, -0.15) is 0 Å². The molecule has 1 aliphatic heterocycles. The van der Waals surface area contributed by atoms with E-state index in [1.165, 1.54) is 0 Å². The summed E-state index contributed by atoms with van der Waals surface area (Å²) in [4.78, 5) is 12.0. The van der Waals surface area contributed by atoms with Gasteiger partial charge in [0.25, 0.3) is 0 Å². The van der Waals surface area contributed by atoms with Gasteiger partial charge in [0.1, 0.15) is 24.2 Å². The Balaban J connectivity index is 1.76. The maximum absolute atomic E-state index is 12.0. The normalized spacial score (nSPS) is 17.2. The van der Waals surface area contributed by atoms with Crippen LogP contribution in [0.4, 0.5) is 0 Å². The Morgan fingerprint density at radius 2 is 2.00 bits per heavy atom. The van der Waals surface area contributed by atoms with Gasteiger partial charge < -0.3 is 9.47 Å². The highest BCUT2D eigenvalue weighted by molar-refractivity contribution is 6.00. The molecule has 0 fully saturated rings. The van der Waals surface area contributed by atoms with Crippen molar-refractivity contribution in [2.45, 2.75) is 26.1 Å². The first kappa shape index (κ1) is 12.7. The topological polar surface area (TPSA) is 35.5 Å². The van der Waals surface area contributed by atoms with Crippen LogP contribution in [0.2, 0.25) is 0 Å². The lowest BCUT2D eigenvalue weighted by Crippen LogP contribution is -2.23. The molecule has 0 saturated heterocycles. The highest BCUT2D eigenvalue weighted by atomic mass is 16.5. The van der Waals surface area contributed by atoms with E-state index in [9.17, 15) is 4.79 Å². The van der Waals surface area contributed by atoms with Gasteiger partial charge in [0.15, 0.2) is 5.78 Å². The lowest BCUT2D eigenvalue weighted by Gasteiger charge is -2.22. The molecule has 0 aromatic heterocycles. The third kappa shape index (κ3) is 2.67. The highest BCUT2D eigenvalue weighted by Gasteiger charge is 2.23. The van der Waals surface area contributed by atoms with Crippen LogP contribution in [0.1, 0.15) is 29.3 Å². The van der Waals surface area contributed by atoms with Gasteiger partial charge in [-0.15, -0.1) is 0 Å². The summed E-state index contributed by atoms with van der Waals surface area (Å²) in [5.41, 5.74) is 1.72. The fourth-order valence-corrected chi connectivity index (χ4v) is 2.29. The minimum Gasteiger partial charge on any atom is -0.489 e. The molecule has 0 amide bonds. The van der Waals surface area contributed by atoms with Gasteiger partial charge in [0.2, 0.25) is 0 Å². The third-order valence-corrected chi connectivity index (χ3v) is 3.30. The molecule has 3 nitrogen and oxygen atoms in total. The Hall–Kier alpha value is -2.29. The van der Waals surface area contributed by atoms with Crippen molar-refractivity contribution in [3.05, 3.63) is 59.7 Å². The summed E-state index contributed by atoms with van der Waals surface area (Å²) in [5.74, 6) is 1.46. The zero-order valence-corrected chi connectivity index (χ0v) is 11.3. The second-order valence-electron chi connectivity index (χ2n) is 4.99. The first-order chi connectivity index (χ1) is 9.72. The van der Waals surface area contributed by atoms with Gasteiger partial charge in [-0.05, 0) is 30.7 Å². The number of hydrogen-bond acceptors (Lipinski definition) is 3. The summed E-state index contributed by atoms with van der Waals surface area (Å²) in [6, 6.07) is 15.4. The fourth-order valence-electron chi connectivity index (χ4n) is 2.29. The van der Waals surface area contributed by atoms with Crippen LogP contribution in [0.3, 0.4) is 0 Å². The summed E-state index contributed by atoms with van der Waals surface area (Å²) in [6.07, 6.45) is 0.376. The summed E-state index contributed by atoms with van der Waals surface area (Å²) in [6.45, 7) is 2.39. The average molecular weight is 268 g/mol. The molecule has 0 radical (unpaired) electrons. The molecular weight excluding hydrogens is 252 g/mol. The molecule has 2 aromatic carbocycles. The average Bonchev–Trinajstić information content (AvgIpc) is 2.46. The number of carbonyl (C=O) groups is 1. The number of carbonyl (C=O) groups excluding carboxylic acids is 1. The number of benzene rings is 2.